The van der Waals surface area contributed by atoms with Gasteiger partial charge in [0, 0.05) is 39.3 Å². The Bertz CT molecular complexity index is 1310. The van der Waals surface area contributed by atoms with Crippen LogP contribution in [-0.4, -0.2) is 33.3 Å². The Morgan fingerprint density at radius 1 is 0.839 bits per heavy atom. The second kappa shape index (κ2) is 6.87. The number of rotatable bonds is 2. The van der Waals surface area contributed by atoms with Crippen LogP contribution in [-0.2, 0) is 0 Å². The molecule has 0 saturated heterocycles. The first kappa shape index (κ1) is 20.5. The molecule has 0 fully saturated rings. The van der Waals surface area contributed by atoms with Gasteiger partial charge in [-0.15, -0.1) is 0 Å². The molecule has 0 amide bonds. The van der Waals surface area contributed by atoms with Gasteiger partial charge in [-0.1, -0.05) is 19.1 Å². The number of hydrogen-bond acceptors (Lipinski definition) is 6. The number of ketones is 4. The highest BCUT2D eigenvalue weighted by Crippen LogP contribution is 2.44. The maximum atomic E-state index is 13.3. The third kappa shape index (κ3) is 2.79. The Morgan fingerprint density at radius 2 is 1.52 bits per heavy atom. The Kier molecular flexibility index (Phi) is 4.54. The molecule has 0 spiro atoms. The first-order valence-corrected chi connectivity index (χ1v) is 9.82. The zero-order chi connectivity index (χ0) is 22.8. The van der Waals surface area contributed by atoms with E-state index < -0.39 is 17.5 Å². The fraction of sp³-hybridized carbons (Fsp3) is 0.200. The van der Waals surface area contributed by atoms with Crippen LogP contribution >= 0.6 is 0 Å². The van der Waals surface area contributed by atoms with Gasteiger partial charge in [0.1, 0.15) is 11.5 Å². The smallest absolute Gasteiger partial charge is 0.194 e. The molecule has 1 atom stereocenters. The van der Waals surface area contributed by atoms with Crippen molar-refractivity contribution in [1.82, 2.24) is 0 Å². The van der Waals surface area contributed by atoms with Crippen LogP contribution in [0.1, 0.15) is 79.2 Å². The van der Waals surface area contributed by atoms with Crippen molar-refractivity contribution >= 4 is 23.1 Å². The zero-order valence-corrected chi connectivity index (χ0v) is 17.5. The van der Waals surface area contributed by atoms with Gasteiger partial charge >= 0.3 is 0 Å². The number of aromatic hydroxyl groups is 2. The summed E-state index contributed by atoms with van der Waals surface area (Å²) in [6, 6.07) is 5.86. The van der Waals surface area contributed by atoms with Gasteiger partial charge in [-0.3, -0.25) is 19.2 Å². The third-order valence-corrected chi connectivity index (χ3v) is 6.11. The van der Waals surface area contributed by atoms with Crippen LogP contribution in [0.3, 0.4) is 0 Å². The van der Waals surface area contributed by atoms with E-state index in [9.17, 15) is 29.4 Å². The summed E-state index contributed by atoms with van der Waals surface area (Å²) in [5, 5.41) is 21.2. The number of carbonyl (C=O) groups excluding carboxylic acids is 4. The number of Topliss-reactive ketones (excluding diaryl/α,β-unsaturated/α-hetero) is 3. The van der Waals surface area contributed by atoms with E-state index in [0.29, 0.717) is 11.1 Å². The van der Waals surface area contributed by atoms with Gasteiger partial charge in [-0.05, 0) is 44.5 Å². The normalized spacial score (nSPS) is 16.8. The largest absolute Gasteiger partial charge is 0.507 e. The maximum Gasteiger partial charge on any atom is 0.194 e. The van der Waals surface area contributed by atoms with Gasteiger partial charge in [0.25, 0.3) is 0 Å². The molecule has 0 unspecified atom stereocenters. The van der Waals surface area contributed by atoms with Gasteiger partial charge < -0.3 is 10.2 Å². The van der Waals surface area contributed by atoms with Crippen LogP contribution < -0.4 is 0 Å². The average molecular weight is 416 g/mol. The van der Waals surface area contributed by atoms with E-state index in [1.54, 1.807) is 13.8 Å². The molecule has 0 saturated carbocycles. The molecule has 2 aromatic rings. The molecule has 2 aliphatic rings. The highest BCUT2D eigenvalue weighted by atomic mass is 16.3. The minimum absolute atomic E-state index is 0.0696. The SMILES string of the molecule is CC1=CC(=O)c2c(cc(C)c([C@@H](C)C3=C(C)C(=O)c4cccc(O)c4C3=O)c2O)C1=O. The molecule has 0 aliphatic heterocycles. The van der Waals surface area contributed by atoms with Gasteiger partial charge in [-0.25, -0.2) is 0 Å². The van der Waals surface area contributed by atoms with Crippen molar-refractivity contribution in [3.05, 3.63) is 80.4 Å². The van der Waals surface area contributed by atoms with E-state index in [4.69, 9.17) is 0 Å². The third-order valence-electron chi connectivity index (χ3n) is 6.11. The molecule has 2 aromatic carbocycles. The summed E-state index contributed by atoms with van der Waals surface area (Å²) in [5.74, 6) is -3.14. The van der Waals surface area contributed by atoms with Crippen molar-refractivity contribution in [3.63, 3.8) is 0 Å². The zero-order valence-electron chi connectivity index (χ0n) is 17.5. The van der Waals surface area contributed by atoms with Crippen molar-refractivity contribution in [2.75, 3.05) is 0 Å². The summed E-state index contributed by atoms with van der Waals surface area (Å²) in [4.78, 5) is 51.3. The number of hydrogen-bond donors (Lipinski definition) is 2. The molecular formula is C25H20O6. The molecule has 0 bridgehead atoms. The first-order chi connectivity index (χ1) is 14.6. The Morgan fingerprint density at radius 3 is 2.19 bits per heavy atom. The summed E-state index contributed by atoms with van der Waals surface area (Å²) >= 11 is 0. The highest BCUT2D eigenvalue weighted by molar-refractivity contribution is 6.28. The predicted octanol–water partition coefficient (Wildman–Crippen LogP) is 4.23. The monoisotopic (exact) mass is 416 g/mol. The minimum Gasteiger partial charge on any atom is -0.507 e. The van der Waals surface area contributed by atoms with Gasteiger partial charge in [-0.2, -0.15) is 0 Å². The fourth-order valence-electron chi connectivity index (χ4n) is 4.60. The first-order valence-electron chi connectivity index (χ1n) is 9.82. The standard InChI is InChI=1S/C25H20O6/c1-10-8-15-21(17(27)9-11(2)22(15)28)24(30)18(10)12(3)19-13(4)23(29)14-6-5-7-16(26)20(14)25(19)31/h5-9,12,26,30H,1-4H3/t12-/m1/s1. The lowest BCUT2D eigenvalue weighted by atomic mass is 9.75. The van der Waals surface area contributed by atoms with Crippen LogP contribution in [0.2, 0.25) is 0 Å². The van der Waals surface area contributed by atoms with Crippen LogP contribution in [0.25, 0.3) is 0 Å². The molecule has 0 heterocycles. The second-order valence-corrected chi connectivity index (χ2v) is 8.02. The molecule has 0 radical (unpaired) electrons. The Balaban J connectivity index is 1.93. The van der Waals surface area contributed by atoms with Gasteiger partial charge in [0.15, 0.2) is 23.1 Å². The fourth-order valence-corrected chi connectivity index (χ4v) is 4.60. The minimum atomic E-state index is -0.760. The number of phenolic OH excluding ortho intramolecular Hbond substituents is 2. The lowest BCUT2D eigenvalue weighted by Gasteiger charge is -2.27. The number of allylic oxidation sites excluding steroid dienone is 4. The lowest BCUT2D eigenvalue weighted by Crippen LogP contribution is -2.25. The number of aryl methyl sites for hydroxylation is 1. The van der Waals surface area contributed by atoms with Crippen molar-refractivity contribution in [2.24, 2.45) is 0 Å². The van der Waals surface area contributed by atoms with E-state index in [1.165, 1.54) is 44.2 Å². The molecule has 31 heavy (non-hydrogen) atoms. The quantitative estimate of drug-likeness (QED) is 0.758. The van der Waals surface area contributed by atoms with Gasteiger partial charge in [0.2, 0.25) is 0 Å². The van der Waals surface area contributed by atoms with E-state index in [0.717, 1.165) is 0 Å². The van der Waals surface area contributed by atoms with E-state index >= 15 is 0 Å². The number of benzene rings is 2. The molecule has 6 nitrogen and oxygen atoms in total. The van der Waals surface area contributed by atoms with Crippen molar-refractivity contribution in [2.45, 2.75) is 33.6 Å². The van der Waals surface area contributed by atoms with E-state index in [-0.39, 0.29) is 62.0 Å². The van der Waals surface area contributed by atoms with Crippen LogP contribution in [0, 0.1) is 6.92 Å². The molecule has 156 valence electrons. The van der Waals surface area contributed by atoms with Crippen LogP contribution in [0.5, 0.6) is 11.5 Å². The molecule has 0 aromatic heterocycles. The van der Waals surface area contributed by atoms with Crippen molar-refractivity contribution < 1.29 is 29.4 Å². The van der Waals surface area contributed by atoms with E-state index in [2.05, 4.69) is 0 Å². The summed E-state index contributed by atoms with van der Waals surface area (Å²) in [5.41, 5.74) is 1.53. The second-order valence-electron chi connectivity index (χ2n) is 8.02. The summed E-state index contributed by atoms with van der Waals surface area (Å²) in [6.45, 7) is 6.40. The average Bonchev–Trinajstić information content (AvgIpc) is 2.69. The highest BCUT2D eigenvalue weighted by Gasteiger charge is 2.37. The lowest BCUT2D eigenvalue weighted by molar-refractivity contribution is 0.0967. The van der Waals surface area contributed by atoms with E-state index in [1.807, 2.05) is 0 Å². The summed E-state index contributed by atoms with van der Waals surface area (Å²) < 4.78 is 0. The molecule has 4 rings (SSSR count). The number of carbonyl (C=O) groups is 4. The number of phenols is 2. The number of fused-ring (bicyclic) bond motifs is 2. The van der Waals surface area contributed by atoms with Crippen LogP contribution in [0.15, 0.2) is 47.1 Å². The summed E-state index contributed by atoms with van der Waals surface area (Å²) in [6.07, 6.45) is 1.18. The predicted molar refractivity (Wildman–Crippen MR) is 113 cm³/mol. The molecule has 2 aliphatic carbocycles. The topological polar surface area (TPSA) is 109 Å². The van der Waals surface area contributed by atoms with Gasteiger partial charge in [0.05, 0.1) is 11.1 Å². The Hall–Kier alpha value is -3.80. The Labute approximate surface area is 178 Å². The van der Waals surface area contributed by atoms with Crippen molar-refractivity contribution in [1.29, 1.82) is 0 Å². The molecule has 2 N–H and O–H groups in total. The molecule has 6 heteroatoms. The maximum absolute atomic E-state index is 13.3. The van der Waals surface area contributed by atoms with Crippen LogP contribution in [0.4, 0.5) is 0 Å². The van der Waals surface area contributed by atoms with Crippen molar-refractivity contribution in [3.8, 4) is 11.5 Å². The summed E-state index contributed by atoms with van der Waals surface area (Å²) in [7, 11) is 0. The molecular weight excluding hydrogens is 396 g/mol.